The number of rotatable bonds is 4. The summed E-state index contributed by atoms with van der Waals surface area (Å²) in [6.45, 7) is 3.57. The van der Waals surface area contributed by atoms with E-state index < -0.39 is 5.91 Å². The Kier molecular flexibility index (Phi) is 4.76. The standard InChI is InChI=1S/C13H18ClN3O2/c14-12-5-9(13(16)18)1-2-10(12)7-17-3-4-19-11(6-15)8-17/h1-2,5,11H,3-4,6-8,15H2,(H2,16,18). The molecule has 1 unspecified atom stereocenters. The number of ether oxygens (including phenoxy) is 1. The van der Waals surface area contributed by atoms with Crippen molar-refractivity contribution in [3.8, 4) is 0 Å². The average Bonchev–Trinajstić information content (AvgIpc) is 2.41. The van der Waals surface area contributed by atoms with E-state index >= 15 is 0 Å². The van der Waals surface area contributed by atoms with Crippen LogP contribution in [0.4, 0.5) is 0 Å². The monoisotopic (exact) mass is 283 g/mol. The minimum absolute atomic E-state index is 0.0809. The molecule has 0 aromatic heterocycles. The van der Waals surface area contributed by atoms with Crippen LogP contribution in [-0.4, -0.2) is 43.2 Å². The predicted molar refractivity (Wildman–Crippen MR) is 74.0 cm³/mol. The fourth-order valence-corrected chi connectivity index (χ4v) is 2.38. The number of amides is 1. The first-order valence-corrected chi connectivity index (χ1v) is 6.60. The molecule has 0 bridgehead atoms. The van der Waals surface area contributed by atoms with Crippen LogP contribution < -0.4 is 11.5 Å². The summed E-state index contributed by atoms with van der Waals surface area (Å²) in [6, 6.07) is 5.15. The summed E-state index contributed by atoms with van der Waals surface area (Å²) in [6.07, 6.45) is 0.0809. The molecule has 19 heavy (non-hydrogen) atoms. The van der Waals surface area contributed by atoms with Crippen LogP contribution >= 0.6 is 11.6 Å². The molecule has 1 aromatic rings. The molecule has 0 spiro atoms. The lowest BCUT2D eigenvalue weighted by atomic mass is 10.1. The lowest BCUT2D eigenvalue weighted by Crippen LogP contribution is -2.45. The first kappa shape index (κ1) is 14.3. The number of nitrogens with zero attached hydrogens (tertiary/aromatic N) is 1. The molecule has 4 N–H and O–H groups in total. The van der Waals surface area contributed by atoms with Crippen molar-refractivity contribution in [3.05, 3.63) is 34.3 Å². The molecule has 1 heterocycles. The van der Waals surface area contributed by atoms with Gasteiger partial charge in [-0.15, -0.1) is 0 Å². The molecule has 2 rings (SSSR count). The van der Waals surface area contributed by atoms with E-state index in [1.54, 1.807) is 12.1 Å². The number of nitrogens with two attached hydrogens (primary N) is 2. The van der Waals surface area contributed by atoms with E-state index in [0.29, 0.717) is 23.7 Å². The number of hydrogen-bond acceptors (Lipinski definition) is 4. The molecular weight excluding hydrogens is 266 g/mol. The van der Waals surface area contributed by atoms with Gasteiger partial charge in [-0.25, -0.2) is 0 Å². The quantitative estimate of drug-likeness (QED) is 0.848. The second-order valence-electron chi connectivity index (χ2n) is 4.63. The third-order valence-corrected chi connectivity index (χ3v) is 3.57. The van der Waals surface area contributed by atoms with Gasteiger partial charge in [-0.1, -0.05) is 17.7 Å². The molecule has 5 nitrogen and oxygen atoms in total. The SMILES string of the molecule is NCC1CN(Cc2ccc(C(N)=O)cc2Cl)CCO1. The Morgan fingerprint density at radius 3 is 2.95 bits per heavy atom. The van der Waals surface area contributed by atoms with Crippen LogP contribution in [-0.2, 0) is 11.3 Å². The Labute approximate surface area is 117 Å². The Morgan fingerprint density at radius 2 is 2.32 bits per heavy atom. The maximum absolute atomic E-state index is 11.1. The van der Waals surface area contributed by atoms with Crippen molar-refractivity contribution >= 4 is 17.5 Å². The van der Waals surface area contributed by atoms with Gasteiger partial charge in [0.1, 0.15) is 0 Å². The molecule has 1 fully saturated rings. The van der Waals surface area contributed by atoms with E-state index in [1.165, 1.54) is 0 Å². The van der Waals surface area contributed by atoms with Crippen LogP contribution in [0.25, 0.3) is 0 Å². The summed E-state index contributed by atoms with van der Waals surface area (Å²) >= 11 is 6.17. The summed E-state index contributed by atoms with van der Waals surface area (Å²) < 4.78 is 5.52. The highest BCUT2D eigenvalue weighted by atomic mass is 35.5. The number of benzene rings is 1. The summed E-state index contributed by atoms with van der Waals surface area (Å²) in [5.41, 5.74) is 12.2. The van der Waals surface area contributed by atoms with E-state index in [4.69, 9.17) is 27.8 Å². The Morgan fingerprint density at radius 1 is 1.53 bits per heavy atom. The van der Waals surface area contributed by atoms with E-state index in [1.807, 2.05) is 6.07 Å². The summed E-state index contributed by atoms with van der Waals surface area (Å²) in [5.74, 6) is -0.469. The van der Waals surface area contributed by atoms with E-state index in [2.05, 4.69) is 4.90 Å². The highest BCUT2D eigenvalue weighted by Gasteiger charge is 2.20. The van der Waals surface area contributed by atoms with Gasteiger partial charge in [0.15, 0.2) is 0 Å². The Hall–Kier alpha value is -1.14. The zero-order valence-electron chi connectivity index (χ0n) is 10.6. The van der Waals surface area contributed by atoms with Crippen molar-refractivity contribution in [3.63, 3.8) is 0 Å². The topological polar surface area (TPSA) is 81.6 Å². The third-order valence-electron chi connectivity index (χ3n) is 3.22. The molecule has 1 saturated heterocycles. The average molecular weight is 284 g/mol. The Balaban J connectivity index is 2.04. The van der Waals surface area contributed by atoms with Gasteiger partial charge >= 0.3 is 0 Å². The first-order valence-electron chi connectivity index (χ1n) is 6.22. The second kappa shape index (κ2) is 6.34. The summed E-state index contributed by atoms with van der Waals surface area (Å²) in [4.78, 5) is 13.3. The van der Waals surface area contributed by atoms with Crippen molar-refractivity contribution in [2.75, 3.05) is 26.2 Å². The highest BCUT2D eigenvalue weighted by molar-refractivity contribution is 6.31. The first-order chi connectivity index (χ1) is 9.10. The van der Waals surface area contributed by atoms with Crippen molar-refractivity contribution in [1.82, 2.24) is 4.90 Å². The number of primary amides is 1. The lowest BCUT2D eigenvalue weighted by Gasteiger charge is -2.32. The van der Waals surface area contributed by atoms with Crippen LogP contribution in [0.2, 0.25) is 5.02 Å². The fraction of sp³-hybridized carbons (Fsp3) is 0.462. The van der Waals surface area contributed by atoms with Crippen molar-refractivity contribution in [1.29, 1.82) is 0 Å². The summed E-state index contributed by atoms with van der Waals surface area (Å²) in [5, 5.41) is 0.562. The number of carbonyl (C=O) groups is 1. The molecule has 1 aliphatic heterocycles. The van der Waals surface area contributed by atoms with Crippen LogP contribution in [0.15, 0.2) is 18.2 Å². The van der Waals surface area contributed by atoms with Gasteiger partial charge in [-0.2, -0.15) is 0 Å². The maximum atomic E-state index is 11.1. The number of halogens is 1. The van der Waals surface area contributed by atoms with Crippen LogP contribution in [0.5, 0.6) is 0 Å². The smallest absolute Gasteiger partial charge is 0.248 e. The van der Waals surface area contributed by atoms with Gasteiger partial charge in [0.25, 0.3) is 0 Å². The molecule has 1 amide bonds. The van der Waals surface area contributed by atoms with Crippen LogP contribution in [0.3, 0.4) is 0 Å². The van der Waals surface area contributed by atoms with Crippen molar-refractivity contribution in [2.45, 2.75) is 12.6 Å². The van der Waals surface area contributed by atoms with Gasteiger partial charge in [0, 0.05) is 36.8 Å². The molecule has 104 valence electrons. The molecule has 1 aromatic carbocycles. The van der Waals surface area contributed by atoms with Gasteiger partial charge in [-0.3, -0.25) is 9.69 Å². The van der Waals surface area contributed by atoms with Gasteiger partial charge in [-0.05, 0) is 17.7 Å². The van der Waals surface area contributed by atoms with E-state index in [0.717, 1.165) is 25.2 Å². The normalized spacial score (nSPS) is 20.4. The number of hydrogen-bond donors (Lipinski definition) is 2. The highest BCUT2D eigenvalue weighted by Crippen LogP contribution is 2.20. The largest absolute Gasteiger partial charge is 0.374 e. The van der Waals surface area contributed by atoms with E-state index in [9.17, 15) is 4.79 Å². The van der Waals surface area contributed by atoms with Crippen LogP contribution in [0, 0.1) is 0 Å². The van der Waals surface area contributed by atoms with Crippen molar-refractivity contribution < 1.29 is 9.53 Å². The predicted octanol–water partition coefficient (Wildman–Crippen LogP) is 0.598. The molecule has 0 radical (unpaired) electrons. The summed E-state index contributed by atoms with van der Waals surface area (Å²) in [7, 11) is 0. The van der Waals surface area contributed by atoms with Gasteiger partial charge < -0.3 is 16.2 Å². The van der Waals surface area contributed by atoms with Gasteiger partial charge in [0.05, 0.1) is 12.7 Å². The van der Waals surface area contributed by atoms with E-state index in [-0.39, 0.29) is 6.10 Å². The zero-order chi connectivity index (χ0) is 13.8. The maximum Gasteiger partial charge on any atom is 0.248 e. The molecule has 1 aliphatic rings. The number of carbonyl (C=O) groups excluding carboxylic acids is 1. The fourth-order valence-electron chi connectivity index (χ4n) is 2.14. The minimum Gasteiger partial charge on any atom is -0.374 e. The van der Waals surface area contributed by atoms with Crippen molar-refractivity contribution in [2.24, 2.45) is 11.5 Å². The number of morpholine rings is 1. The minimum atomic E-state index is -0.469. The third kappa shape index (κ3) is 3.67. The molecule has 6 heteroatoms. The zero-order valence-corrected chi connectivity index (χ0v) is 11.4. The molecule has 0 aliphatic carbocycles. The molecule has 1 atom stereocenters. The molecule has 0 saturated carbocycles. The van der Waals surface area contributed by atoms with Crippen LogP contribution in [0.1, 0.15) is 15.9 Å². The second-order valence-corrected chi connectivity index (χ2v) is 5.04. The van der Waals surface area contributed by atoms with Gasteiger partial charge in [0.2, 0.25) is 5.91 Å². The molecular formula is C13H18ClN3O2. The lowest BCUT2D eigenvalue weighted by molar-refractivity contribution is -0.0260. The Bertz CT molecular complexity index is 467.